The Bertz CT molecular complexity index is 1250. The summed E-state index contributed by atoms with van der Waals surface area (Å²) in [6, 6.07) is 20.7. The number of nitrogens with zero attached hydrogens (tertiary/aromatic N) is 1. The van der Waals surface area contributed by atoms with E-state index in [1.54, 1.807) is 37.4 Å². The van der Waals surface area contributed by atoms with Crippen molar-refractivity contribution in [3.8, 4) is 23.0 Å². The van der Waals surface area contributed by atoms with Gasteiger partial charge in [0.15, 0.2) is 0 Å². The molecule has 2 aliphatic heterocycles. The van der Waals surface area contributed by atoms with Gasteiger partial charge in [0.2, 0.25) is 0 Å². The minimum Gasteiger partial charge on any atom is -0.508 e. The van der Waals surface area contributed by atoms with E-state index in [4.69, 9.17) is 14.2 Å². The molecule has 188 valence electrons. The molecule has 3 aromatic carbocycles. The third-order valence-electron chi connectivity index (χ3n) is 7.24. The van der Waals surface area contributed by atoms with Crippen molar-refractivity contribution in [3.63, 3.8) is 0 Å². The number of fused-ring (bicyclic) bond motifs is 1. The van der Waals surface area contributed by atoms with E-state index in [9.17, 15) is 10.2 Å². The zero-order valence-electron chi connectivity index (χ0n) is 21.0. The topological polar surface area (TPSA) is 71.4 Å². The van der Waals surface area contributed by atoms with Crippen LogP contribution in [-0.2, 0) is 4.74 Å². The van der Waals surface area contributed by atoms with Crippen molar-refractivity contribution in [2.24, 2.45) is 0 Å². The first kappa shape index (κ1) is 24.2. The average Bonchev–Trinajstić information content (AvgIpc) is 3.37. The number of methoxy groups -OCH3 is 1. The Morgan fingerprint density at radius 3 is 2.53 bits per heavy atom. The smallest absolute Gasteiger partial charge is 0.150 e. The summed E-state index contributed by atoms with van der Waals surface area (Å²) in [6.45, 7) is 6.80. The first-order valence-corrected chi connectivity index (χ1v) is 12.4. The predicted molar refractivity (Wildman–Crippen MR) is 140 cm³/mol. The molecule has 3 atom stereocenters. The van der Waals surface area contributed by atoms with Gasteiger partial charge in [-0.15, -0.1) is 0 Å². The molecule has 0 radical (unpaired) electrons. The van der Waals surface area contributed by atoms with Gasteiger partial charge in [0.05, 0.1) is 6.10 Å². The summed E-state index contributed by atoms with van der Waals surface area (Å²) < 4.78 is 18.1. The second kappa shape index (κ2) is 10.2. The van der Waals surface area contributed by atoms with E-state index < -0.39 is 0 Å². The number of likely N-dealkylation sites (tertiary alicyclic amines) is 1. The Balaban J connectivity index is 1.38. The molecule has 0 amide bonds. The van der Waals surface area contributed by atoms with Crippen LogP contribution in [0.1, 0.15) is 43.1 Å². The van der Waals surface area contributed by atoms with Gasteiger partial charge in [-0.05, 0) is 79.4 Å². The summed E-state index contributed by atoms with van der Waals surface area (Å²) in [4.78, 5) is 2.41. The van der Waals surface area contributed by atoms with Crippen LogP contribution >= 0.6 is 0 Å². The summed E-state index contributed by atoms with van der Waals surface area (Å²) in [5.74, 6) is 1.91. The maximum absolute atomic E-state index is 10.1. The van der Waals surface area contributed by atoms with E-state index >= 15 is 0 Å². The maximum Gasteiger partial charge on any atom is 0.150 e. The second-order valence-corrected chi connectivity index (χ2v) is 9.64. The van der Waals surface area contributed by atoms with Gasteiger partial charge in [-0.2, -0.15) is 0 Å². The molecular weight excluding hydrogens is 454 g/mol. The quantitative estimate of drug-likeness (QED) is 0.449. The van der Waals surface area contributed by atoms with Crippen LogP contribution in [0.15, 0.2) is 66.7 Å². The van der Waals surface area contributed by atoms with Crippen molar-refractivity contribution in [3.05, 3.63) is 83.4 Å². The number of ether oxygens (including phenoxy) is 3. The number of aromatic hydroxyl groups is 2. The third kappa shape index (κ3) is 4.92. The van der Waals surface area contributed by atoms with Crippen LogP contribution in [0.25, 0.3) is 11.1 Å². The fourth-order valence-electron chi connectivity index (χ4n) is 5.13. The highest BCUT2D eigenvalue weighted by molar-refractivity contribution is 5.95. The molecule has 2 heterocycles. The summed E-state index contributed by atoms with van der Waals surface area (Å²) in [6.07, 6.45) is 1.01. The number of hydrogen-bond donors (Lipinski definition) is 2. The summed E-state index contributed by atoms with van der Waals surface area (Å²) in [5.41, 5.74) is 4.65. The molecule has 1 saturated heterocycles. The molecule has 0 saturated carbocycles. The van der Waals surface area contributed by atoms with Gasteiger partial charge in [0.25, 0.3) is 0 Å². The SMILES string of the molecule is CO[C@@H]1CCN([C@@H](C)COc2ccc(C3Oc4ccc(O)cc4C(C)=C3c3cccc(O)c3)cc2)C1. The van der Waals surface area contributed by atoms with Crippen LogP contribution in [0, 0.1) is 0 Å². The van der Waals surface area contributed by atoms with E-state index in [1.807, 2.05) is 43.3 Å². The molecule has 0 aliphatic carbocycles. The molecule has 0 bridgehead atoms. The molecule has 2 N–H and O–H groups in total. The summed E-state index contributed by atoms with van der Waals surface area (Å²) in [7, 11) is 1.78. The number of allylic oxidation sites excluding steroid dienone is 1. The highest BCUT2D eigenvalue weighted by atomic mass is 16.5. The average molecular weight is 488 g/mol. The van der Waals surface area contributed by atoms with E-state index in [0.717, 1.165) is 53.1 Å². The fraction of sp³-hybridized carbons (Fsp3) is 0.333. The Morgan fingerprint density at radius 1 is 1.03 bits per heavy atom. The predicted octanol–water partition coefficient (Wildman–Crippen LogP) is 5.65. The third-order valence-corrected chi connectivity index (χ3v) is 7.24. The van der Waals surface area contributed by atoms with Crippen LogP contribution in [0.5, 0.6) is 23.0 Å². The molecule has 5 rings (SSSR count). The molecule has 0 aromatic heterocycles. The van der Waals surface area contributed by atoms with Crippen LogP contribution in [0.3, 0.4) is 0 Å². The monoisotopic (exact) mass is 487 g/mol. The zero-order chi connectivity index (χ0) is 25.2. The van der Waals surface area contributed by atoms with E-state index in [1.165, 1.54) is 0 Å². The van der Waals surface area contributed by atoms with Gasteiger partial charge in [0.1, 0.15) is 35.7 Å². The lowest BCUT2D eigenvalue weighted by atomic mass is 9.86. The van der Waals surface area contributed by atoms with E-state index in [-0.39, 0.29) is 17.6 Å². The van der Waals surface area contributed by atoms with Crippen molar-refractivity contribution < 1.29 is 24.4 Å². The lowest BCUT2D eigenvalue weighted by Gasteiger charge is -2.31. The maximum atomic E-state index is 10.1. The molecule has 0 spiro atoms. The number of phenolic OH excluding ortho intramolecular Hbond substituents is 2. The van der Waals surface area contributed by atoms with Gasteiger partial charge in [-0.25, -0.2) is 0 Å². The highest BCUT2D eigenvalue weighted by Gasteiger charge is 2.30. The van der Waals surface area contributed by atoms with Crippen molar-refractivity contribution in [2.75, 3.05) is 26.8 Å². The summed E-state index contributed by atoms with van der Waals surface area (Å²) in [5, 5.41) is 20.2. The van der Waals surface area contributed by atoms with Gasteiger partial charge >= 0.3 is 0 Å². The first-order chi connectivity index (χ1) is 17.4. The number of phenols is 2. The molecule has 36 heavy (non-hydrogen) atoms. The van der Waals surface area contributed by atoms with Crippen molar-refractivity contribution >= 4 is 11.1 Å². The Kier molecular flexibility index (Phi) is 6.90. The molecule has 6 heteroatoms. The van der Waals surface area contributed by atoms with Crippen LogP contribution in [0.2, 0.25) is 0 Å². The molecule has 2 aliphatic rings. The molecular formula is C30H33NO5. The van der Waals surface area contributed by atoms with Crippen molar-refractivity contribution in [2.45, 2.75) is 38.5 Å². The first-order valence-electron chi connectivity index (χ1n) is 12.4. The fourth-order valence-corrected chi connectivity index (χ4v) is 5.13. The van der Waals surface area contributed by atoms with Gasteiger partial charge in [0, 0.05) is 37.4 Å². The Hall–Kier alpha value is -3.48. The lowest BCUT2D eigenvalue weighted by molar-refractivity contribution is 0.0950. The number of benzene rings is 3. The Morgan fingerprint density at radius 2 is 1.81 bits per heavy atom. The standard InChI is InChI=1S/C30H33NO5/c1-19(31-14-13-26(17-31)34-3)18-35-25-10-7-21(8-11-25)30-29(22-5-4-6-23(32)15-22)20(2)27-16-24(33)9-12-28(27)36-30/h4-12,15-16,19,26,30,32-33H,13-14,17-18H2,1-3H3/t19-,26+,30?/m0/s1. The van der Waals surface area contributed by atoms with E-state index in [0.29, 0.717) is 24.5 Å². The highest BCUT2D eigenvalue weighted by Crippen LogP contribution is 2.47. The zero-order valence-corrected chi connectivity index (χ0v) is 21.0. The van der Waals surface area contributed by atoms with Crippen molar-refractivity contribution in [1.82, 2.24) is 4.90 Å². The van der Waals surface area contributed by atoms with Gasteiger partial charge in [-0.3, -0.25) is 4.90 Å². The van der Waals surface area contributed by atoms with Crippen LogP contribution in [0.4, 0.5) is 0 Å². The van der Waals surface area contributed by atoms with Crippen LogP contribution < -0.4 is 9.47 Å². The normalized spacial score (nSPS) is 20.6. The molecule has 3 aromatic rings. The van der Waals surface area contributed by atoms with Crippen molar-refractivity contribution in [1.29, 1.82) is 0 Å². The van der Waals surface area contributed by atoms with E-state index in [2.05, 4.69) is 11.8 Å². The largest absolute Gasteiger partial charge is 0.508 e. The second-order valence-electron chi connectivity index (χ2n) is 9.64. The number of rotatable bonds is 7. The van der Waals surface area contributed by atoms with Crippen LogP contribution in [-0.4, -0.2) is 54.1 Å². The number of hydrogen-bond acceptors (Lipinski definition) is 6. The molecule has 1 fully saturated rings. The molecule has 6 nitrogen and oxygen atoms in total. The minimum atomic E-state index is -0.368. The summed E-state index contributed by atoms with van der Waals surface area (Å²) >= 11 is 0. The minimum absolute atomic E-state index is 0.188. The van der Waals surface area contributed by atoms with Gasteiger partial charge in [-0.1, -0.05) is 24.3 Å². The van der Waals surface area contributed by atoms with Gasteiger partial charge < -0.3 is 24.4 Å². The molecule has 1 unspecified atom stereocenters. The Labute approximate surface area is 212 Å². The lowest BCUT2D eigenvalue weighted by Crippen LogP contribution is -2.36.